The lowest BCUT2D eigenvalue weighted by atomic mass is 10.1. The lowest BCUT2D eigenvalue weighted by molar-refractivity contribution is 0.530. The Morgan fingerprint density at radius 3 is 2.53 bits per heavy atom. The summed E-state index contributed by atoms with van der Waals surface area (Å²) in [5.41, 5.74) is 7.01. The minimum Gasteiger partial charge on any atom is -0.398 e. The third-order valence-corrected chi connectivity index (χ3v) is 4.49. The van der Waals surface area contributed by atoms with E-state index in [1.807, 2.05) is 6.92 Å². The zero-order valence-corrected chi connectivity index (χ0v) is 12.8. The lowest BCUT2D eigenvalue weighted by Crippen LogP contribution is -2.25. The molecule has 0 bridgehead atoms. The van der Waals surface area contributed by atoms with Crippen LogP contribution in [0.3, 0.4) is 0 Å². The highest BCUT2D eigenvalue weighted by atomic mass is 32.2. The van der Waals surface area contributed by atoms with E-state index in [9.17, 15) is 8.42 Å². The summed E-state index contributed by atoms with van der Waals surface area (Å²) in [6.07, 6.45) is 3.00. The minimum absolute atomic E-state index is 0.168. The monoisotopic (exact) mass is 284 g/mol. The number of aryl methyl sites for hydroxylation is 1. The molecule has 1 aromatic carbocycles. The van der Waals surface area contributed by atoms with Gasteiger partial charge in [0.15, 0.2) is 0 Å². The fourth-order valence-electron chi connectivity index (χ4n) is 1.87. The van der Waals surface area contributed by atoms with E-state index >= 15 is 0 Å². The van der Waals surface area contributed by atoms with Crippen LogP contribution in [-0.4, -0.2) is 15.0 Å². The van der Waals surface area contributed by atoms with Crippen molar-refractivity contribution in [2.24, 2.45) is 5.92 Å². The maximum atomic E-state index is 12.1. The molecular formula is C14H24N2O2S. The summed E-state index contributed by atoms with van der Waals surface area (Å²) in [4.78, 5) is 0.168. The van der Waals surface area contributed by atoms with Crippen molar-refractivity contribution in [2.45, 2.75) is 44.9 Å². The standard InChI is InChI=1S/C14H24N2O2S/c1-11(2)6-4-5-9-16-19(17,18)14-8-7-12(3)10-13(14)15/h7-8,10-11,16H,4-6,9,15H2,1-3H3. The molecule has 3 N–H and O–H groups in total. The Labute approximate surface area is 116 Å². The average molecular weight is 284 g/mol. The molecular weight excluding hydrogens is 260 g/mol. The number of nitrogen functional groups attached to an aromatic ring is 1. The molecule has 1 aromatic rings. The molecule has 108 valence electrons. The molecule has 0 fully saturated rings. The van der Waals surface area contributed by atoms with Gasteiger partial charge >= 0.3 is 0 Å². The van der Waals surface area contributed by atoms with Gasteiger partial charge in [0, 0.05) is 6.54 Å². The number of hydrogen-bond donors (Lipinski definition) is 2. The van der Waals surface area contributed by atoms with E-state index in [0.717, 1.165) is 24.8 Å². The van der Waals surface area contributed by atoms with Crippen LogP contribution in [0.2, 0.25) is 0 Å². The molecule has 4 nitrogen and oxygen atoms in total. The van der Waals surface area contributed by atoms with Gasteiger partial charge in [-0.1, -0.05) is 32.8 Å². The van der Waals surface area contributed by atoms with Crippen LogP contribution in [0.1, 0.15) is 38.7 Å². The van der Waals surface area contributed by atoms with Gasteiger partial charge in [0.25, 0.3) is 0 Å². The quantitative estimate of drug-likeness (QED) is 0.597. The molecule has 0 spiro atoms. The lowest BCUT2D eigenvalue weighted by Gasteiger charge is -2.10. The Hall–Kier alpha value is -1.07. The zero-order chi connectivity index (χ0) is 14.5. The van der Waals surface area contributed by atoms with Crippen molar-refractivity contribution >= 4 is 15.7 Å². The second-order valence-electron chi connectivity index (χ2n) is 5.33. The van der Waals surface area contributed by atoms with E-state index in [1.165, 1.54) is 0 Å². The van der Waals surface area contributed by atoms with Crippen LogP contribution in [0.5, 0.6) is 0 Å². The van der Waals surface area contributed by atoms with Gasteiger partial charge in [-0.05, 0) is 37.0 Å². The average Bonchev–Trinajstić information content (AvgIpc) is 2.27. The largest absolute Gasteiger partial charge is 0.398 e. The van der Waals surface area contributed by atoms with Crippen molar-refractivity contribution in [3.8, 4) is 0 Å². The molecule has 0 aliphatic rings. The van der Waals surface area contributed by atoms with Crippen LogP contribution >= 0.6 is 0 Å². The predicted molar refractivity (Wildman–Crippen MR) is 79.5 cm³/mol. The first kappa shape index (κ1) is 16.0. The third-order valence-electron chi connectivity index (χ3n) is 2.96. The van der Waals surface area contributed by atoms with E-state index in [2.05, 4.69) is 18.6 Å². The fourth-order valence-corrected chi connectivity index (χ4v) is 3.06. The maximum Gasteiger partial charge on any atom is 0.242 e. The molecule has 0 aliphatic heterocycles. The number of rotatable bonds is 7. The highest BCUT2D eigenvalue weighted by molar-refractivity contribution is 7.89. The Morgan fingerprint density at radius 2 is 1.95 bits per heavy atom. The van der Waals surface area contributed by atoms with Crippen LogP contribution in [0, 0.1) is 12.8 Å². The van der Waals surface area contributed by atoms with E-state index in [1.54, 1.807) is 18.2 Å². The van der Waals surface area contributed by atoms with Gasteiger partial charge in [0.1, 0.15) is 4.90 Å². The fraction of sp³-hybridized carbons (Fsp3) is 0.571. The first-order chi connectivity index (χ1) is 8.83. The second-order valence-corrected chi connectivity index (χ2v) is 7.06. The van der Waals surface area contributed by atoms with E-state index in [0.29, 0.717) is 18.2 Å². The molecule has 0 amide bonds. The normalized spacial score (nSPS) is 12.0. The summed E-state index contributed by atoms with van der Waals surface area (Å²) in [6, 6.07) is 4.98. The van der Waals surface area contributed by atoms with E-state index in [-0.39, 0.29) is 4.90 Å². The number of nitrogens with two attached hydrogens (primary N) is 1. The number of unbranched alkanes of at least 4 members (excludes halogenated alkanes) is 1. The van der Waals surface area contributed by atoms with E-state index in [4.69, 9.17) is 5.73 Å². The van der Waals surface area contributed by atoms with Crippen LogP contribution in [0.15, 0.2) is 23.1 Å². The molecule has 0 saturated heterocycles. The molecule has 0 heterocycles. The first-order valence-corrected chi connectivity index (χ1v) is 8.17. The maximum absolute atomic E-state index is 12.1. The molecule has 0 aliphatic carbocycles. The smallest absolute Gasteiger partial charge is 0.242 e. The highest BCUT2D eigenvalue weighted by Crippen LogP contribution is 2.19. The molecule has 1 rings (SSSR count). The number of hydrogen-bond acceptors (Lipinski definition) is 3. The van der Waals surface area contributed by atoms with Crippen LogP contribution in [-0.2, 0) is 10.0 Å². The summed E-state index contributed by atoms with van der Waals surface area (Å²) in [7, 11) is -3.48. The Morgan fingerprint density at radius 1 is 1.26 bits per heavy atom. The van der Waals surface area contributed by atoms with E-state index < -0.39 is 10.0 Å². The first-order valence-electron chi connectivity index (χ1n) is 6.68. The van der Waals surface area contributed by atoms with Crippen molar-refractivity contribution in [3.63, 3.8) is 0 Å². The van der Waals surface area contributed by atoms with Crippen LogP contribution in [0.4, 0.5) is 5.69 Å². The SMILES string of the molecule is Cc1ccc(S(=O)(=O)NCCCCC(C)C)c(N)c1. The molecule has 0 unspecified atom stereocenters. The number of anilines is 1. The van der Waals surface area contributed by atoms with Crippen molar-refractivity contribution < 1.29 is 8.42 Å². The summed E-state index contributed by atoms with van der Waals surface area (Å²) in [5.74, 6) is 0.657. The summed E-state index contributed by atoms with van der Waals surface area (Å²) in [5, 5.41) is 0. The number of nitrogens with one attached hydrogen (secondary N) is 1. The summed E-state index contributed by atoms with van der Waals surface area (Å²) in [6.45, 7) is 6.67. The van der Waals surface area contributed by atoms with Crippen molar-refractivity contribution in [1.82, 2.24) is 4.72 Å². The molecule has 0 radical (unpaired) electrons. The van der Waals surface area contributed by atoms with Crippen molar-refractivity contribution in [2.75, 3.05) is 12.3 Å². The molecule has 0 atom stereocenters. The van der Waals surface area contributed by atoms with Gasteiger partial charge in [0.2, 0.25) is 10.0 Å². The molecule has 19 heavy (non-hydrogen) atoms. The van der Waals surface area contributed by atoms with Crippen LogP contribution < -0.4 is 10.5 Å². The molecule has 0 saturated carbocycles. The Balaban J connectivity index is 2.56. The van der Waals surface area contributed by atoms with Crippen LogP contribution in [0.25, 0.3) is 0 Å². The summed E-state index contributed by atoms with van der Waals surface area (Å²) < 4.78 is 26.7. The minimum atomic E-state index is -3.48. The third kappa shape index (κ3) is 5.20. The van der Waals surface area contributed by atoms with Crippen molar-refractivity contribution in [1.29, 1.82) is 0 Å². The topological polar surface area (TPSA) is 72.2 Å². The Bertz CT molecular complexity index is 510. The van der Waals surface area contributed by atoms with Gasteiger partial charge in [-0.3, -0.25) is 0 Å². The Kier molecular flexibility index (Phi) is 5.82. The number of benzene rings is 1. The van der Waals surface area contributed by atoms with Gasteiger partial charge < -0.3 is 5.73 Å². The van der Waals surface area contributed by atoms with Gasteiger partial charge in [0.05, 0.1) is 5.69 Å². The van der Waals surface area contributed by atoms with Crippen molar-refractivity contribution in [3.05, 3.63) is 23.8 Å². The van der Waals surface area contributed by atoms with Gasteiger partial charge in [-0.25, -0.2) is 13.1 Å². The number of sulfonamides is 1. The predicted octanol–water partition coefficient (Wildman–Crippen LogP) is 2.68. The molecule has 5 heteroatoms. The zero-order valence-electron chi connectivity index (χ0n) is 11.9. The second kappa shape index (κ2) is 6.91. The van der Waals surface area contributed by atoms with Gasteiger partial charge in [-0.2, -0.15) is 0 Å². The molecule has 0 aromatic heterocycles. The summed E-state index contributed by atoms with van der Waals surface area (Å²) >= 11 is 0. The highest BCUT2D eigenvalue weighted by Gasteiger charge is 2.16. The van der Waals surface area contributed by atoms with Gasteiger partial charge in [-0.15, -0.1) is 0 Å².